The van der Waals surface area contributed by atoms with Gasteiger partial charge in [-0.15, -0.1) is 0 Å². The molecule has 0 radical (unpaired) electrons. The van der Waals surface area contributed by atoms with Crippen molar-refractivity contribution in [3.8, 4) is 0 Å². The number of pyridine rings is 1. The zero-order valence-corrected chi connectivity index (χ0v) is 14.2. The number of rotatable bonds is 4. The summed E-state index contributed by atoms with van der Waals surface area (Å²) in [5.41, 5.74) is -0.0707. The molecule has 122 valence electrons. The molecule has 1 amide bonds. The Balaban J connectivity index is 2.93. The molecular weight excluding hydrogens is 308 g/mol. The SMILES string of the molecule is COC(=O)[C@H](Cc1cc(Cl)ccn1)N(C)C(=O)OC(C)(C)C. The number of nitrogens with zero attached hydrogens (tertiary/aromatic N) is 2. The zero-order chi connectivity index (χ0) is 16.9. The van der Waals surface area contributed by atoms with Crippen LogP contribution >= 0.6 is 11.6 Å². The van der Waals surface area contributed by atoms with E-state index in [0.29, 0.717) is 10.7 Å². The predicted molar refractivity (Wildman–Crippen MR) is 82.8 cm³/mol. The molecule has 0 fully saturated rings. The van der Waals surface area contributed by atoms with Gasteiger partial charge in [0.05, 0.1) is 7.11 Å². The first-order valence-electron chi connectivity index (χ1n) is 6.78. The van der Waals surface area contributed by atoms with Crippen molar-refractivity contribution in [1.82, 2.24) is 9.88 Å². The zero-order valence-electron chi connectivity index (χ0n) is 13.4. The quantitative estimate of drug-likeness (QED) is 0.795. The number of esters is 1. The molecular formula is C15H21ClN2O4. The van der Waals surface area contributed by atoms with Gasteiger partial charge in [0.2, 0.25) is 0 Å². The first-order valence-corrected chi connectivity index (χ1v) is 7.16. The van der Waals surface area contributed by atoms with Crippen LogP contribution in [0.5, 0.6) is 0 Å². The lowest BCUT2D eigenvalue weighted by Crippen LogP contribution is -2.46. The second-order valence-corrected chi connectivity index (χ2v) is 6.24. The Labute approximate surface area is 135 Å². The van der Waals surface area contributed by atoms with Crippen molar-refractivity contribution in [2.75, 3.05) is 14.2 Å². The standard InChI is InChI=1S/C15H21ClN2O4/c1-15(2,3)22-14(20)18(4)12(13(19)21-5)9-11-8-10(16)6-7-17-11/h6-8,12H,9H2,1-5H3/t12-/m0/s1. The number of carbonyl (C=O) groups excluding carboxylic acids is 2. The van der Waals surface area contributed by atoms with Crippen LogP contribution in [0.2, 0.25) is 5.02 Å². The second-order valence-electron chi connectivity index (χ2n) is 5.80. The van der Waals surface area contributed by atoms with Gasteiger partial charge in [0.1, 0.15) is 11.6 Å². The maximum atomic E-state index is 12.1. The van der Waals surface area contributed by atoms with Gasteiger partial charge < -0.3 is 9.47 Å². The third kappa shape index (κ3) is 5.52. The number of aromatic nitrogens is 1. The molecule has 6 nitrogen and oxygen atoms in total. The van der Waals surface area contributed by atoms with Crippen molar-refractivity contribution in [1.29, 1.82) is 0 Å². The Kier molecular flexibility index (Phi) is 6.17. The summed E-state index contributed by atoms with van der Waals surface area (Å²) in [6, 6.07) is 2.43. The molecule has 0 N–H and O–H groups in total. The molecule has 0 unspecified atom stereocenters. The van der Waals surface area contributed by atoms with Crippen molar-refractivity contribution in [3.05, 3.63) is 29.0 Å². The minimum Gasteiger partial charge on any atom is -0.467 e. The Morgan fingerprint density at radius 1 is 1.41 bits per heavy atom. The van der Waals surface area contributed by atoms with Crippen molar-refractivity contribution in [2.45, 2.75) is 38.8 Å². The second kappa shape index (κ2) is 7.45. The lowest BCUT2D eigenvalue weighted by molar-refractivity contribution is -0.146. The Morgan fingerprint density at radius 3 is 2.55 bits per heavy atom. The van der Waals surface area contributed by atoms with Crippen LogP contribution in [0.3, 0.4) is 0 Å². The number of halogens is 1. The van der Waals surface area contributed by atoms with Crippen LogP contribution in [0.15, 0.2) is 18.3 Å². The van der Waals surface area contributed by atoms with Gasteiger partial charge in [-0.2, -0.15) is 0 Å². The molecule has 0 saturated carbocycles. The molecule has 1 aromatic rings. The van der Waals surface area contributed by atoms with Gasteiger partial charge in [-0.1, -0.05) is 11.6 Å². The van der Waals surface area contributed by atoms with E-state index in [1.165, 1.54) is 19.1 Å². The summed E-state index contributed by atoms with van der Waals surface area (Å²) < 4.78 is 10.0. The minimum absolute atomic E-state index is 0.184. The minimum atomic E-state index is -0.842. The molecule has 0 spiro atoms. The van der Waals surface area contributed by atoms with Crippen LogP contribution in [0.1, 0.15) is 26.5 Å². The molecule has 0 bridgehead atoms. The fraction of sp³-hybridized carbons (Fsp3) is 0.533. The van der Waals surface area contributed by atoms with Crippen LogP contribution in [-0.4, -0.2) is 47.7 Å². The average molecular weight is 329 g/mol. The highest BCUT2D eigenvalue weighted by Crippen LogP contribution is 2.15. The van der Waals surface area contributed by atoms with Crippen LogP contribution in [0, 0.1) is 0 Å². The van der Waals surface area contributed by atoms with Crippen LogP contribution in [0.25, 0.3) is 0 Å². The van der Waals surface area contributed by atoms with E-state index in [0.717, 1.165) is 0 Å². The van der Waals surface area contributed by atoms with Gasteiger partial charge in [-0.05, 0) is 32.9 Å². The molecule has 0 aromatic carbocycles. The summed E-state index contributed by atoms with van der Waals surface area (Å²) in [5, 5.41) is 0.508. The maximum Gasteiger partial charge on any atom is 0.410 e. The smallest absolute Gasteiger partial charge is 0.410 e. The van der Waals surface area contributed by atoms with E-state index < -0.39 is 23.7 Å². The first-order chi connectivity index (χ1) is 10.1. The van der Waals surface area contributed by atoms with E-state index in [1.54, 1.807) is 39.1 Å². The van der Waals surface area contributed by atoms with Gasteiger partial charge >= 0.3 is 12.1 Å². The number of amides is 1. The van der Waals surface area contributed by atoms with Gasteiger partial charge in [-0.3, -0.25) is 9.88 Å². The van der Waals surface area contributed by atoms with Gasteiger partial charge in [0.15, 0.2) is 0 Å². The highest BCUT2D eigenvalue weighted by Gasteiger charge is 2.31. The summed E-state index contributed by atoms with van der Waals surface area (Å²) in [6.45, 7) is 5.26. The van der Waals surface area contributed by atoms with Crippen molar-refractivity contribution < 1.29 is 19.1 Å². The molecule has 7 heteroatoms. The normalized spacial score (nSPS) is 12.5. The molecule has 0 aliphatic carbocycles. The monoisotopic (exact) mass is 328 g/mol. The topological polar surface area (TPSA) is 68.7 Å². The first kappa shape index (κ1) is 18.2. The number of methoxy groups -OCH3 is 1. The summed E-state index contributed by atoms with van der Waals surface area (Å²) >= 11 is 5.91. The molecule has 1 heterocycles. The van der Waals surface area contributed by atoms with E-state index in [-0.39, 0.29) is 6.42 Å². The molecule has 0 aliphatic rings. The number of hydrogen-bond donors (Lipinski definition) is 0. The molecule has 0 saturated heterocycles. The molecule has 0 aliphatic heterocycles. The fourth-order valence-electron chi connectivity index (χ4n) is 1.73. The number of ether oxygens (including phenoxy) is 2. The van der Waals surface area contributed by atoms with E-state index >= 15 is 0 Å². The van der Waals surface area contributed by atoms with E-state index in [1.807, 2.05) is 0 Å². The van der Waals surface area contributed by atoms with E-state index in [4.69, 9.17) is 21.1 Å². The molecule has 1 aromatic heterocycles. The van der Waals surface area contributed by atoms with Crippen LogP contribution in [0.4, 0.5) is 4.79 Å². The Hall–Kier alpha value is -1.82. The van der Waals surface area contributed by atoms with Gasteiger partial charge in [-0.25, -0.2) is 9.59 Å². The average Bonchev–Trinajstić information content (AvgIpc) is 2.41. The summed E-state index contributed by atoms with van der Waals surface area (Å²) in [6.07, 6.45) is 1.12. The lowest BCUT2D eigenvalue weighted by atomic mass is 10.1. The largest absolute Gasteiger partial charge is 0.467 e. The van der Waals surface area contributed by atoms with Crippen molar-refractivity contribution in [3.63, 3.8) is 0 Å². The third-order valence-corrected chi connectivity index (χ3v) is 3.04. The maximum absolute atomic E-state index is 12.1. The van der Waals surface area contributed by atoms with Crippen LogP contribution < -0.4 is 0 Å². The highest BCUT2D eigenvalue weighted by molar-refractivity contribution is 6.30. The van der Waals surface area contributed by atoms with Crippen molar-refractivity contribution >= 4 is 23.7 Å². The predicted octanol–water partition coefficient (Wildman–Crippen LogP) is 2.69. The summed E-state index contributed by atoms with van der Waals surface area (Å²) in [5.74, 6) is -0.546. The van der Waals surface area contributed by atoms with E-state index in [2.05, 4.69) is 4.98 Å². The summed E-state index contributed by atoms with van der Waals surface area (Å²) in [4.78, 5) is 29.5. The number of likely N-dealkylation sites (N-methyl/N-ethyl adjacent to an activating group) is 1. The van der Waals surface area contributed by atoms with E-state index in [9.17, 15) is 9.59 Å². The Bertz CT molecular complexity index is 543. The molecule has 22 heavy (non-hydrogen) atoms. The lowest BCUT2D eigenvalue weighted by Gasteiger charge is -2.29. The molecule has 1 rings (SSSR count). The van der Waals surface area contributed by atoms with Gasteiger partial charge in [0, 0.05) is 30.4 Å². The van der Waals surface area contributed by atoms with Gasteiger partial charge in [0.25, 0.3) is 0 Å². The fourth-order valence-corrected chi connectivity index (χ4v) is 1.92. The summed E-state index contributed by atoms with van der Waals surface area (Å²) in [7, 11) is 2.75. The van der Waals surface area contributed by atoms with Crippen LogP contribution in [-0.2, 0) is 20.7 Å². The number of hydrogen-bond acceptors (Lipinski definition) is 5. The molecule has 1 atom stereocenters. The highest BCUT2D eigenvalue weighted by atomic mass is 35.5. The number of carbonyl (C=O) groups is 2. The van der Waals surface area contributed by atoms with Crippen molar-refractivity contribution in [2.24, 2.45) is 0 Å². The Morgan fingerprint density at radius 2 is 2.05 bits per heavy atom. The third-order valence-electron chi connectivity index (χ3n) is 2.80.